The first kappa shape index (κ1) is 17.8. The summed E-state index contributed by atoms with van der Waals surface area (Å²) in [5.74, 6) is 0.571. The van der Waals surface area contributed by atoms with Crippen LogP contribution < -0.4 is 0 Å². The second-order valence-corrected chi connectivity index (χ2v) is 6.83. The average Bonchev–Trinajstić information content (AvgIpc) is 2.68. The van der Waals surface area contributed by atoms with E-state index in [4.69, 9.17) is 16.4 Å². The van der Waals surface area contributed by atoms with Crippen LogP contribution in [0.15, 0.2) is 76.8 Å². The zero-order valence-electron chi connectivity index (χ0n) is 14.1. The highest BCUT2D eigenvalue weighted by molar-refractivity contribution is 7.98. The number of nitrogens with zero attached hydrogens (tertiary/aromatic N) is 1. The topological polar surface area (TPSA) is 21.6 Å². The van der Waals surface area contributed by atoms with Gasteiger partial charge < -0.3 is 4.84 Å². The predicted octanol–water partition coefficient (Wildman–Crippen LogP) is 5.96. The van der Waals surface area contributed by atoms with Gasteiger partial charge in [0, 0.05) is 21.9 Å². The van der Waals surface area contributed by atoms with Crippen molar-refractivity contribution in [2.24, 2.45) is 5.16 Å². The Morgan fingerprint density at radius 1 is 1.00 bits per heavy atom. The number of hydrogen-bond donors (Lipinski definition) is 0. The fourth-order valence-electron chi connectivity index (χ4n) is 2.67. The summed E-state index contributed by atoms with van der Waals surface area (Å²) in [6.45, 7) is 0.515. The molecule has 3 rings (SSSR count). The molecule has 0 spiro atoms. The summed E-state index contributed by atoms with van der Waals surface area (Å²) in [5.41, 5.74) is 2.96. The lowest BCUT2D eigenvalue weighted by Crippen LogP contribution is -2.06. The summed E-state index contributed by atoms with van der Waals surface area (Å²) in [6.07, 6.45) is 2.85. The molecule has 0 aliphatic heterocycles. The van der Waals surface area contributed by atoms with Crippen LogP contribution in [0.5, 0.6) is 0 Å². The quantitative estimate of drug-likeness (QED) is 0.168. The molecule has 3 aromatic carbocycles. The van der Waals surface area contributed by atoms with Crippen LogP contribution in [0.2, 0.25) is 0 Å². The SMILES string of the molecule is CSc1ccc(/C(=N/OCCCCl)c2cccc3ccccc23)cc1. The van der Waals surface area contributed by atoms with Gasteiger partial charge in [-0.3, -0.25) is 0 Å². The van der Waals surface area contributed by atoms with Crippen LogP contribution in [0.3, 0.4) is 0 Å². The zero-order chi connectivity index (χ0) is 17.5. The van der Waals surface area contributed by atoms with Gasteiger partial charge in [0.15, 0.2) is 0 Å². The molecule has 0 saturated carbocycles. The monoisotopic (exact) mass is 369 g/mol. The van der Waals surface area contributed by atoms with Gasteiger partial charge in [-0.05, 0) is 35.6 Å². The molecule has 0 radical (unpaired) electrons. The van der Waals surface area contributed by atoms with Gasteiger partial charge in [-0.2, -0.15) is 0 Å². The van der Waals surface area contributed by atoms with Crippen LogP contribution in [-0.2, 0) is 4.84 Å². The minimum atomic E-state index is 0.515. The number of halogens is 1. The van der Waals surface area contributed by atoms with Crippen molar-refractivity contribution in [3.8, 4) is 0 Å². The molecule has 0 N–H and O–H groups in total. The Kier molecular flexibility index (Phi) is 6.37. The number of benzene rings is 3. The molecule has 0 aliphatic rings. The third-order valence-electron chi connectivity index (χ3n) is 3.93. The highest BCUT2D eigenvalue weighted by Crippen LogP contribution is 2.23. The van der Waals surface area contributed by atoms with E-state index in [2.05, 4.69) is 72.1 Å². The van der Waals surface area contributed by atoms with Gasteiger partial charge in [-0.1, -0.05) is 59.8 Å². The van der Waals surface area contributed by atoms with Crippen molar-refractivity contribution in [1.29, 1.82) is 0 Å². The number of fused-ring (bicyclic) bond motifs is 1. The molecule has 3 aromatic rings. The third kappa shape index (κ3) is 4.36. The molecular formula is C21H20ClNOS. The molecule has 0 heterocycles. The first-order chi connectivity index (χ1) is 12.3. The number of oxime groups is 1. The molecule has 4 heteroatoms. The Labute approximate surface area is 157 Å². The lowest BCUT2D eigenvalue weighted by molar-refractivity contribution is 0.146. The van der Waals surface area contributed by atoms with Gasteiger partial charge >= 0.3 is 0 Å². The zero-order valence-corrected chi connectivity index (χ0v) is 15.7. The summed E-state index contributed by atoms with van der Waals surface area (Å²) in [7, 11) is 0. The van der Waals surface area contributed by atoms with Crippen LogP contribution >= 0.6 is 23.4 Å². The molecule has 2 nitrogen and oxygen atoms in total. The second kappa shape index (κ2) is 8.93. The van der Waals surface area contributed by atoms with E-state index in [-0.39, 0.29) is 0 Å². The smallest absolute Gasteiger partial charge is 0.118 e. The van der Waals surface area contributed by atoms with Gasteiger partial charge in [0.2, 0.25) is 0 Å². The average molecular weight is 370 g/mol. The molecule has 128 valence electrons. The summed E-state index contributed by atoms with van der Waals surface area (Å²) < 4.78 is 0. The molecule has 0 amide bonds. The van der Waals surface area contributed by atoms with Crippen molar-refractivity contribution in [3.63, 3.8) is 0 Å². The minimum Gasteiger partial charge on any atom is -0.395 e. The molecule has 0 unspecified atom stereocenters. The van der Waals surface area contributed by atoms with E-state index in [1.807, 2.05) is 6.07 Å². The van der Waals surface area contributed by atoms with E-state index in [1.165, 1.54) is 15.7 Å². The number of alkyl halides is 1. The molecule has 0 aromatic heterocycles. The fourth-order valence-corrected chi connectivity index (χ4v) is 3.18. The molecular weight excluding hydrogens is 350 g/mol. The first-order valence-corrected chi connectivity index (χ1v) is 9.98. The van der Waals surface area contributed by atoms with E-state index in [0.717, 1.165) is 23.3 Å². The minimum absolute atomic E-state index is 0.515. The fraction of sp³-hybridized carbons (Fsp3) is 0.190. The van der Waals surface area contributed by atoms with Crippen LogP contribution in [0.25, 0.3) is 10.8 Å². The Morgan fingerprint density at radius 3 is 2.52 bits per heavy atom. The van der Waals surface area contributed by atoms with E-state index in [1.54, 1.807) is 11.8 Å². The summed E-state index contributed by atoms with van der Waals surface area (Å²) >= 11 is 7.46. The van der Waals surface area contributed by atoms with E-state index in [9.17, 15) is 0 Å². The molecule has 0 atom stereocenters. The standard InChI is InChI=1S/C21H20ClNOS/c1-25-18-12-10-17(11-13-18)21(23-24-15-5-14-22)20-9-4-7-16-6-2-3-8-19(16)20/h2-4,6-13H,5,14-15H2,1H3/b23-21-. The number of thioether (sulfide) groups is 1. The van der Waals surface area contributed by atoms with Gasteiger partial charge in [-0.25, -0.2) is 0 Å². The Balaban J connectivity index is 2.06. The molecule has 0 bridgehead atoms. The summed E-state index contributed by atoms with van der Waals surface area (Å²) in [4.78, 5) is 6.77. The van der Waals surface area contributed by atoms with Gasteiger partial charge in [0.1, 0.15) is 12.3 Å². The maximum absolute atomic E-state index is 5.73. The highest BCUT2D eigenvalue weighted by atomic mass is 35.5. The number of rotatable bonds is 7. The predicted molar refractivity (Wildman–Crippen MR) is 109 cm³/mol. The maximum Gasteiger partial charge on any atom is 0.118 e. The Hall–Kier alpha value is -1.97. The molecule has 0 aliphatic carbocycles. The molecule has 0 fully saturated rings. The van der Waals surface area contributed by atoms with E-state index in [0.29, 0.717) is 12.5 Å². The molecule has 25 heavy (non-hydrogen) atoms. The highest BCUT2D eigenvalue weighted by Gasteiger charge is 2.12. The van der Waals surface area contributed by atoms with Crippen molar-refractivity contribution in [3.05, 3.63) is 77.9 Å². The van der Waals surface area contributed by atoms with Crippen LogP contribution in [0.4, 0.5) is 0 Å². The van der Waals surface area contributed by atoms with E-state index >= 15 is 0 Å². The first-order valence-electron chi connectivity index (χ1n) is 8.22. The largest absolute Gasteiger partial charge is 0.395 e. The number of hydrogen-bond acceptors (Lipinski definition) is 3. The molecule has 0 saturated heterocycles. The maximum atomic E-state index is 5.73. The Morgan fingerprint density at radius 2 is 1.76 bits per heavy atom. The second-order valence-electron chi connectivity index (χ2n) is 5.57. The van der Waals surface area contributed by atoms with Gasteiger partial charge in [0.25, 0.3) is 0 Å². The summed E-state index contributed by atoms with van der Waals surface area (Å²) in [5, 5.41) is 6.81. The lowest BCUT2D eigenvalue weighted by atomic mass is 9.97. The van der Waals surface area contributed by atoms with Crippen molar-refractivity contribution >= 4 is 39.8 Å². The van der Waals surface area contributed by atoms with Gasteiger partial charge in [-0.15, -0.1) is 23.4 Å². The normalized spacial score (nSPS) is 11.7. The lowest BCUT2D eigenvalue weighted by Gasteiger charge is -2.11. The van der Waals surface area contributed by atoms with Crippen LogP contribution in [-0.4, -0.2) is 24.5 Å². The van der Waals surface area contributed by atoms with Gasteiger partial charge in [0.05, 0.1) is 0 Å². The van der Waals surface area contributed by atoms with Crippen molar-refractivity contribution in [2.45, 2.75) is 11.3 Å². The Bertz CT molecular complexity index is 856. The van der Waals surface area contributed by atoms with Crippen molar-refractivity contribution < 1.29 is 4.84 Å². The summed E-state index contributed by atoms with van der Waals surface area (Å²) in [6, 6.07) is 23.0. The third-order valence-corrected chi connectivity index (χ3v) is 4.94. The van der Waals surface area contributed by atoms with Crippen LogP contribution in [0.1, 0.15) is 17.5 Å². The van der Waals surface area contributed by atoms with Crippen molar-refractivity contribution in [1.82, 2.24) is 0 Å². The van der Waals surface area contributed by atoms with Crippen LogP contribution in [0, 0.1) is 0 Å². The van der Waals surface area contributed by atoms with E-state index < -0.39 is 0 Å². The van der Waals surface area contributed by atoms with Crippen molar-refractivity contribution in [2.75, 3.05) is 18.7 Å².